The van der Waals surface area contributed by atoms with Crippen LogP contribution in [-0.4, -0.2) is 63.3 Å². The Morgan fingerprint density at radius 2 is 1.77 bits per heavy atom. The number of imidazole rings is 1. The first-order chi connectivity index (χ1) is 19.3. The summed E-state index contributed by atoms with van der Waals surface area (Å²) in [5, 5.41) is 2.57. The van der Waals surface area contributed by atoms with E-state index in [2.05, 4.69) is 32.0 Å². The Balaban J connectivity index is 0.00000181. The van der Waals surface area contributed by atoms with E-state index in [9.17, 15) is 18.0 Å². The molecule has 1 fully saturated rings. The molecule has 0 atom stereocenters. The van der Waals surface area contributed by atoms with Crippen molar-refractivity contribution >= 4 is 17.2 Å². The normalized spacial score (nSPS) is 14.2. The zero-order valence-corrected chi connectivity index (χ0v) is 22.7. The van der Waals surface area contributed by atoms with Crippen LogP contribution in [0.1, 0.15) is 46.6 Å². The molecule has 1 aliphatic rings. The van der Waals surface area contributed by atoms with E-state index in [0.717, 1.165) is 24.8 Å². The van der Waals surface area contributed by atoms with Gasteiger partial charge in [0, 0.05) is 62.6 Å². The maximum atomic E-state index is 13.9. The molecule has 4 aromatic rings. The fraction of sp³-hybridized carbons (Fsp3) is 0.300. The topological polar surface area (TPSA) is 65.8 Å². The van der Waals surface area contributed by atoms with Crippen molar-refractivity contribution in [1.29, 1.82) is 0 Å². The molecule has 0 unspecified atom stereocenters. The first kappa shape index (κ1) is 28.8. The number of carbonyl (C=O) groups is 1. The molecule has 0 saturated carbocycles. The molecule has 0 radical (unpaired) electrons. The number of nitrogens with zero attached hydrogens (tertiary/aromatic N) is 5. The number of likely N-dealkylation sites (N-methyl/N-ethyl adjacent to an activating group) is 1. The standard InChI is InChI=1S/C28H25F3N6O.C2H6/c1-35-10-12-36(13-11-35)19-21-6-7-23(15-25(21)28(29,30)31)34-27(38)22-14-20(16-32-17-22)5-8-24-18-33-26-4-2-3-9-37(24)26;1-2/h2-4,6-7,9,14-18H,10-13,19H2,1H3,(H,34,38);1-2H3. The number of carbonyl (C=O) groups excluding carboxylic acids is 1. The van der Waals surface area contributed by atoms with E-state index < -0.39 is 17.6 Å². The summed E-state index contributed by atoms with van der Waals surface area (Å²) in [4.78, 5) is 25.4. The molecule has 208 valence electrons. The quantitative estimate of drug-likeness (QED) is 0.357. The van der Waals surface area contributed by atoms with Gasteiger partial charge in [-0.25, -0.2) is 4.98 Å². The molecule has 7 nitrogen and oxygen atoms in total. The second kappa shape index (κ2) is 12.8. The van der Waals surface area contributed by atoms with Crippen LogP contribution in [0.4, 0.5) is 18.9 Å². The summed E-state index contributed by atoms with van der Waals surface area (Å²) < 4.78 is 43.5. The van der Waals surface area contributed by atoms with Crippen LogP contribution in [0, 0.1) is 11.8 Å². The largest absolute Gasteiger partial charge is 0.416 e. The molecule has 1 amide bonds. The number of nitrogens with one attached hydrogen (secondary N) is 1. The Morgan fingerprint density at radius 3 is 2.52 bits per heavy atom. The average molecular weight is 549 g/mol. The average Bonchev–Trinajstić information content (AvgIpc) is 3.38. The van der Waals surface area contributed by atoms with Crippen molar-refractivity contribution in [3.63, 3.8) is 0 Å². The van der Waals surface area contributed by atoms with Gasteiger partial charge in [0.2, 0.25) is 0 Å². The Bertz CT molecular complexity index is 1530. The Kier molecular flexibility index (Phi) is 9.19. The number of piperazine rings is 1. The minimum absolute atomic E-state index is 0.0617. The number of pyridine rings is 2. The van der Waals surface area contributed by atoms with E-state index in [1.807, 2.05) is 54.6 Å². The molecule has 0 spiro atoms. The molecule has 5 rings (SSSR count). The van der Waals surface area contributed by atoms with Gasteiger partial charge in [-0.15, -0.1) is 0 Å². The third kappa shape index (κ3) is 7.05. The lowest BCUT2D eigenvalue weighted by molar-refractivity contribution is -0.138. The number of benzene rings is 1. The molecule has 10 heteroatoms. The summed E-state index contributed by atoms with van der Waals surface area (Å²) in [5.41, 5.74) is 1.60. The summed E-state index contributed by atoms with van der Waals surface area (Å²) in [6.45, 7) is 7.23. The van der Waals surface area contributed by atoms with Gasteiger partial charge in [-0.3, -0.25) is 19.1 Å². The predicted octanol–water partition coefficient (Wildman–Crippen LogP) is 5.17. The molecule has 1 saturated heterocycles. The maximum absolute atomic E-state index is 13.9. The van der Waals surface area contributed by atoms with Crippen molar-refractivity contribution in [3.05, 3.63) is 95.2 Å². The molecule has 1 aromatic carbocycles. The van der Waals surface area contributed by atoms with Crippen LogP contribution in [-0.2, 0) is 12.7 Å². The van der Waals surface area contributed by atoms with Gasteiger partial charge in [-0.05, 0) is 48.9 Å². The van der Waals surface area contributed by atoms with Crippen molar-refractivity contribution in [2.24, 2.45) is 0 Å². The lowest BCUT2D eigenvalue weighted by Crippen LogP contribution is -2.44. The monoisotopic (exact) mass is 548 g/mol. The molecular weight excluding hydrogens is 517 g/mol. The SMILES string of the molecule is CC.CN1CCN(Cc2ccc(NC(=O)c3cncc(C#Cc4cnc5ccccn45)c3)cc2C(F)(F)F)CC1. The van der Waals surface area contributed by atoms with Gasteiger partial charge >= 0.3 is 6.18 Å². The molecule has 1 aliphatic heterocycles. The molecule has 40 heavy (non-hydrogen) atoms. The molecule has 0 aliphatic carbocycles. The highest BCUT2D eigenvalue weighted by Gasteiger charge is 2.34. The van der Waals surface area contributed by atoms with Gasteiger partial charge in [0.1, 0.15) is 11.3 Å². The van der Waals surface area contributed by atoms with Crippen molar-refractivity contribution in [2.45, 2.75) is 26.6 Å². The van der Waals surface area contributed by atoms with E-state index >= 15 is 0 Å². The molecule has 4 heterocycles. The van der Waals surface area contributed by atoms with E-state index in [1.54, 1.807) is 12.3 Å². The summed E-state index contributed by atoms with van der Waals surface area (Å²) in [5.74, 6) is 5.41. The Hall–Kier alpha value is -4.20. The van der Waals surface area contributed by atoms with Gasteiger partial charge in [-0.1, -0.05) is 31.9 Å². The maximum Gasteiger partial charge on any atom is 0.416 e. The Morgan fingerprint density at radius 1 is 1.00 bits per heavy atom. The zero-order chi connectivity index (χ0) is 28.7. The van der Waals surface area contributed by atoms with Crippen LogP contribution >= 0.6 is 0 Å². The highest BCUT2D eigenvalue weighted by molar-refractivity contribution is 6.04. The van der Waals surface area contributed by atoms with Crippen molar-refractivity contribution in [2.75, 3.05) is 38.5 Å². The van der Waals surface area contributed by atoms with Crippen LogP contribution in [0.25, 0.3) is 5.65 Å². The lowest BCUT2D eigenvalue weighted by atomic mass is 10.0. The van der Waals surface area contributed by atoms with Crippen molar-refractivity contribution < 1.29 is 18.0 Å². The van der Waals surface area contributed by atoms with Crippen molar-refractivity contribution in [1.82, 2.24) is 24.2 Å². The zero-order valence-electron chi connectivity index (χ0n) is 22.7. The van der Waals surface area contributed by atoms with Crippen LogP contribution < -0.4 is 5.32 Å². The summed E-state index contributed by atoms with van der Waals surface area (Å²) in [6.07, 6.45) is 1.82. The van der Waals surface area contributed by atoms with Crippen LogP contribution in [0.3, 0.4) is 0 Å². The first-order valence-corrected chi connectivity index (χ1v) is 13.1. The van der Waals surface area contributed by atoms with Gasteiger partial charge in [0.25, 0.3) is 5.91 Å². The van der Waals surface area contributed by atoms with Gasteiger partial charge in [0.05, 0.1) is 17.3 Å². The number of hydrogen-bond donors (Lipinski definition) is 1. The smallest absolute Gasteiger partial charge is 0.322 e. The minimum Gasteiger partial charge on any atom is -0.322 e. The van der Waals surface area contributed by atoms with E-state index in [-0.39, 0.29) is 23.4 Å². The fourth-order valence-electron chi connectivity index (χ4n) is 4.30. The van der Waals surface area contributed by atoms with E-state index in [4.69, 9.17) is 0 Å². The molecular formula is C30H31F3N6O. The fourth-order valence-corrected chi connectivity index (χ4v) is 4.30. The second-order valence-electron chi connectivity index (χ2n) is 9.19. The summed E-state index contributed by atoms with van der Waals surface area (Å²) in [6, 6.07) is 11.1. The van der Waals surface area contributed by atoms with E-state index in [1.165, 1.54) is 24.5 Å². The van der Waals surface area contributed by atoms with E-state index in [0.29, 0.717) is 24.3 Å². The molecule has 0 bridgehead atoms. The van der Waals surface area contributed by atoms with Gasteiger partial charge < -0.3 is 10.2 Å². The predicted molar refractivity (Wildman–Crippen MR) is 149 cm³/mol. The van der Waals surface area contributed by atoms with Gasteiger partial charge in [-0.2, -0.15) is 13.2 Å². The number of amides is 1. The number of alkyl halides is 3. The summed E-state index contributed by atoms with van der Waals surface area (Å²) >= 11 is 0. The third-order valence-electron chi connectivity index (χ3n) is 6.42. The minimum atomic E-state index is -4.54. The number of anilines is 1. The molecule has 1 N–H and O–H groups in total. The number of rotatable bonds is 4. The number of aromatic nitrogens is 3. The van der Waals surface area contributed by atoms with Crippen LogP contribution in [0.5, 0.6) is 0 Å². The number of hydrogen-bond acceptors (Lipinski definition) is 5. The van der Waals surface area contributed by atoms with Gasteiger partial charge in [0.15, 0.2) is 0 Å². The molecule has 3 aromatic heterocycles. The second-order valence-corrected chi connectivity index (χ2v) is 9.19. The van der Waals surface area contributed by atoms with Crippen molar-refractivity contribution in [3.8, 4) is 11.8 Å². The highest BCUT2D eigenvalue weighted by atomic mass is 19.4. The third-order valence-corrected chi connectivity index (χ3v) is 6.42. The lowest BCUT2D eigenvalue weighted by Gasteiger charge is -2.33. The van der Waals surface area contributed by atoms with Crippen LogP contribution in [0.2, 0.25) is 0 Å². The number of fused-ring (bicyclic) bond motifs is 1. The number of halogens is 3. The Labute approximate surface area is 231 Å². The summed E-state index contributed by atoms with van der Waals surface area (Å²) in [7, 11) is 2.00. The van der Waals surface area contributed by atoms with Crippen LogP contribution in [0.15, 0.2) is 67.3 Å². The first-order valence-electron chi connectivity index (χ1n) is 13.1. The highest BCUT2D eigenvalue weighted by Crippen LogP contribution is 2.34.